The van der Waals surface area contributed by atoms with Gasteiger partial charge in [-0.15, -0.1) is 0 Å². The lowest BCUT2D eigenvalue weighted by molar-refractivity contribution is 0.812. The predicted molar refractivity (Wildman–Crippen MR) is 59.5 cm³/mol. The standard InChI is InChI=1S/C11H12N2S/c12-5-7-4-9(7)8-2-1-3-11-10(8)6-14-13-11/h1-3,6-7,9H,4-5,12H2. The molecule has 2 unspecified atom stereocenters. The molecule has 2 atom stereocenters. The Bertz CT molecular complexity index is 463. The van der Waals surface area contributed by atoms with Crippen LogP contribution in [0.25, 0.3) is 10.9 Å². The molecule has 0 saturated heterocycles. The number of rotatable bonds is 2. The van der Waals surface area contributed by atoms with Crippen LogP contribution in [0.2, 0.25) is 0 Å². The van der Waals surface area contributed by atoms with E-state index in [2.05, 4.69) is 28.0 Å². The fourth-order valence-corrected chi connectivity index (χ4v) is 2.81. The quantitative estimate of drug-likeness (QED) is 0.815. The fourth-order valence-electron chi connectivity index (χ4n) is 2.13. The number of hydrogen-bond acceptors (Lipinski definition) is 3. The van der Waals surface area contributed by atoms with Gasteiger partial charge in [-0.25, -0.2) is 0 Å². The largest absolute Gasteiger partial charge is 0.330 e. The molecule has 3 rings (SSSR count). The van der Waals surface area contributed by atoms with Gasteiger partial charge in [-0.2, -0.15) is 4.37 Å². The second-order valence-corrected chi connectivity index (χ2v) is 4.56. The maximum atomic E-state index is 5.67. The number of benzene rings is 1. The summed E-state index contributed by atoms with van der Waals surface area (Å²) in [6.07, 6.45) is 1.26. The van der Waals surface area contributed by atoms with Crippen LogP contribution in [-0.2, 0) is 0 Å². The van der Waals surface area contributed by atoms with E-state index in [0.717, 1.165) is 12.1 Å². The third-order valence-corrected chi connectivity index (χ3v) is 3.71. The molecule has 0 amide bonds. The van der Waals surface area contributed by atoms with E-state index in [9.17, 15) is 0 Å². The molecular formula is C11H12N2S. The summed E-state index contributed by atoms with van der Waals surface area (Å²) >= 11 is 1.54. The zero-order chi connectivity index (χ0) is 9.54. The molecule has 2 aromatic rings. The van der Waals surface area contributed by atoms with Gasteiger partial charge in [-0.3, -0.25) is 0 Å². The molecule has 1 aliphatic carbocycles. The molecule has 72 valence electrons. The highest BCUT2D eigenvalue weighted by molar-refractivity contribution is 7.04. The monoisotopic (exact) mass is 204 g/mol. The molecule has 1 aliphatic rings. The van der Waals surface area contributed by atoms with Crippen molar-refractivity contribution in [1.29, 1.82) is 0 Å². The van der Waals surface area contributed by atoms with Crippen LogP contribution in [0.4, 0.5) is 0 Å². The summed E-state index contributed by atoms with van der Waals surface area (Å²) in [7, 11) is 0. The van der Waals surface area contributed by atoms with Crippen LogP contribution in [-0.4, -0.2) is 10.9 Å². The van der Waals surface area contributed by atoms with Gasteiger partial charge in [0.25, 0.3) is 0 Å². The Labute approximate surface area is 86.9 Å². The second kappa shape index (κ2) is 3.04. The molecule has 3 heteroatoms. The molecule has 1 aromatic heterocycles. The lowest BCUT2D eigenvalue weighted by Crippen LogP contribution is -2.01. The lowest BCUT2D eigenvalue weighted by Gasteiger charge is -2.00. The normalized spacial score (nSPS) is 25.5. The summed E-state index contributed by atoms with van der Waals surface area (Å²) in [5, 5.41) is 3.48. The predicted octanol–water partition coefficient (Wildman–Crippen LogP) is 2.36. The van der Waals surface area contributed by atoms with E-state index >= 15 is 0 Å². The minimum absolute atomic E-state index is 0.695. The summed E-state index contributed by atoms with van der Waals surface area (Å²) in [6.45, 7) is 0.818. The number of hydrogen-bond donors (Lipinski definition) is 1. The maximum absolute atomic E-state index is 5.67. The van der Waals surface area contributed by atoms with Crippen LogP contribution in [0, 0.1) is 5.92 Å². The zero-order valence-corrected chi connectivity index (χ0v) is 8.63. The van der Waals surface area contributed by atoms with Crippen LogP contribution in [0.1, 0.15) is 17.9 Å². The Balaban J connectivity index is 2.08. The van der Waals surface area contributed by atoms with Crippen molar-refractivity contribution < 1.29 is 0 Å². The van der Waals surface area contributed by atoms with Crippen molar-refractivity contribution in [3.05, 3.63) is 29.1 Å². The summed E-state index contributed by atoms with van der Waals surface area (Å²) in [5.74, 6) is 1.40. The van der Waals surface area contributed by atoms with Crippen molar-refractivity contribution in [2.75, 3.05) is 6.54 Å². The summed E-state index contributed by atoms with van der Waals surface area (Å²) in [6, 6.07) is 6.40. The average molecular weight is 204 g/mol. The molecule has 0 radical (unpaired) electrons. The van der Waals surface area contributed by atoms with Crippen LogP contribution in [0.15, 0.2) is 23.6 Å². The summed E-state index contributed by atoms with van der Waals surface area (Å²) in [4.78, 5) is 0. The Morgan fingerprint density at radius 2 is 2.43 bits per heavy atom. The van der Waals surface area contributed by atoms with E-state index in [1.165, 1.54) is 28.9 Å². The van der Waals surface area contributed by atoms with E-state index in [1.54, 1.807) is 0 Å². The third-order valence-electron chi connectivity index (χ3n) is 3.06. The molecule has 1 fully saturated rings. The van der Waals surface area contributed by atoms with Crippen LogP contribution >= 0.6 is 11.5 Å². The zero-order valence-electron chi connectivity index (χ0n) is 7.81. The van der Waals surface area contributed by atoms with E-state index in [-0.39, 0.29) is 0 Å². The van der Waals surface area contributed by atoms with Gasteiger partial charge in [0.05, 0.1) is 5.52 Å². The molecule has 2 nitrogen and oxygen atoms in total. The Kier molecular flexibility index (Phi) is 1.82. The highest BCUT2D eigenvalue weighted by Gasteiger charge is 2.37. The van der Waals surface area contributed by atoms with E-state index in [0.29, 0.717) is 11.8 Å². The van der Waals surface area contributed by atoms with Gasteiger partial charge in [0.15, 0.2) is 0 Å². The van der Waals surface area contributed by atoms with Gasteiger partial charge >= 0.3 is 0 Å². The minimum atomic E-state index is 0.695. The van der Waals surface area contributed by atoms with Crippen molar-refractivity contribution in [3.63, 3.8) is 0 Å². The van der Waals surface area contributed by atoms with Crippen molar-refractivity contribution in [2.24, 2.45) is 11.7 Å². The highest BCUT2D eigenvalue weighted by atomic mass is 32.1. The SMILES string of the molecule is NCC1CC1c1cccc2nscc12. The van der Waals surface area contributed by atoms with Gasteiger partial charge < -0.3 is 5.73 Å². The number of nitrogens with two attached hydrogens (primary N) is 1. The molecule has 14 heavy (non-hydrogen) atoms. The van der Waals surface area contributed by atoms with Gasteiger partial charge in [0.1, 0.15) is 0 Å². The Hall–Kier alpha value is -0.930. The summed E-state index contributed by atoms with van der Waals surface area (Å²) in [5.41, 5.74) is 8.25. The molecule has 0 bridgehead atoms. The first kappa shape index (κ1) is 8.38. The van der Waals surface area contributed by atoms with Crippen molar-refractivity contribution in [2.45, 2.75) is 12.3 Å². The lowest BCUT2D eigenvalue weighted by atomic mass is 10.1. The number of nitrogens with zero attached hydrogens (tertiary/aromatic N) is 1. The van der Waals surface area contributed by atoms with Crippen LogP contribution in [0.5, 0.6) is 0 Å². The third kappa shape index (κ3) is 1.16. The van der Waals surface area contributed by atoms with Crippen molar-refractivity contribution in [1.82, 2.24) is 4.37 Å². The smallest absolute Gasteiger partial charge is 0.0843 e. The Morgan fingerprint density at radius 1 is 1.50 bits per heavy atom. The first-order chi connectivity index (χ1) is 6.90. The molecule has 1 saturated carbocycles. The first-order valence-electron chi connectivity index (χ1n) is 4.93. The topological polar surface area (TPSA) is 38.9 Å². The van der Waals surface area contributed by atoms with Crippen LogP contribution < -0.4 is 5.73 Å². The van der Waals surface area contributed by atoms with E-state index in [1.807, 2.05) is 0 Å². The van der Waals surface area contributed by atoms with Crippen molar-refractivity contribution >= 4 is 22.4 Å². The Morgan fingerprint density at radius 3 is 3.21 bits per heavy atom. The second-order valence-electron chi connectivity index (χ2n) is 3.93. The first-order valence-corrected chi connectivity index (χ1v) is 5.77. The molecular weight excluding hydrogens is 192 g/mol. The van der Waals surface area contributed by atoms with Gasteiger partial charge in [-0.1, -0.05) is 12.1 Å². The summed E-state index contributed by atoms with van der Waals surface area (Å²) < 4.78 is 4.35. The molecule has 1 heterocycles. The minimum Gasteiger partial charge on any atom is -0.330 e. The maximum Gasteiger partial charge on any atom is 0.0843 e. The molecule has 0 spiro atoms. The fraction of sp³-hybridized carbons (Fsp3) is 0.364. The van der Waals surface area contributed by atoms with Gasteiger partial charge in [-0.05, 0) is 48.0 Å². The molecule has 1 aromatic carbocycles. The van der Waals surface area contributed by atoms with E-state index in [4.69, 9.17) is 5.73 Å². The van der Waals surface area contributed by atoms with Crippen LogP contribution in [0.3, 0.4) is 0 Å². The van der Waals surface area contributed by atoms with Crippen molar-refractivity contribution in [3.8, 4) is 0 Å². The highest BCUT2D eigenvalue weighted by Crippen LogP contribution is 2.48. The van der Waals surface area contributed by atoms with Gasteiger partial charge in [0, 0.05) is 10.8 Å². The molecule has 2 N–H and O–H groups in total. The number of fused-ring (bicyclic) bond motifs is 1. The number of aromatic nitrogens is 1. The molecule has 0 aliphatic heterocycles. The average Bonchev–Trinajstić information content (AvgIpc) is 2.85. The van der Waals surface area contributed by atoms with E-state index < -0.39 is 0 Å². The van der Waals surface area contributed by atoms with Gasteiger partial charge in [0.2, 0.25) is 0 Å².